The minimum Gasteiger partial charge on any atom is -0.466 e. The Morgan fingerprint density at radius 1 is 1.33 bits per heavy atom. The second-order valence-electron chi connectivity index (χ2n) is 6.81. The van der Waals surface area contributed by atoms with Crippen LogP contribution < -0.4 is 5.56 Å². The maximum atomic E-state index is 12.4. The van der Waals surface area contributed by atoms with Crippen molar-refractivity contribution in [3.63, 3.8) is 0 Å². The zero-order valence-corrected chi connectivity index (χ0v) is 15.1. The fourth-order valence-electron chi connectivity index (χ4n) is 3.03. The Labute approximate surface area is 145 Å². The molecule has 0 bridgehead atoms. The molecule has 1 N–H and O–H groups in total. The van der Waals surface area contributed by atoms with Gasteiger partial charge < -0.3 is 9.72 Å². The molecule has 24 heavy (non-hydrogen) atoms. The Kier molecular flexibility index (Phi) is 5.33. The van der Waals surface area contributed by atoms with Crippen molar-refractivity contribution in [1.29, 1.82) is 0 Å². The number of fused-ring (bicyclic) bond motifs is 3. The summed E-state index contributed by atoms with van der Waals surface area (Å²) >= 11 is 1.63. The molecule has 1 aliphatic carbocycles. The predicted molar refractivity (Wildman–Crippen MR) is 95.6 cm³/mol. The summed E-state index contributed by atoms with van der Waals surface area (Å²) in [6, 6.07) is 0. The number of thiophene rings is 1. The number of ether oxygens (including phenoxy) is 1. The molecule has 2 heterocycles. The van der Waals surface area contributed by atoms with Gasteiger partial charge >= 0.3 is 5.97 Å². The van der Waals surface area contributed by atoms with E-state index in [9.17, 15) is 9.59 Å². The van der Waals surface area contributed by atoms with Crippen LogP contribution in [-0.2, 0) is 28.8 Å². The predicted octanol–water partition coefficient (Wildman–Crippen LogP) is 3.39. The maximum Gasteiger partial charge on any atom is 0.306 e. The number of H-pyrrole nitrogens is 1. The van der Waals surface area contributed by atoms with Gasteiger partial charge in [-0.05, 0) is 43.6 Å². The minimum absolute atomic E-state index is 0.0671. The highest BCUT2D eigenvalue weighted by Gasteiger charge is 2.19. The lowest BCUT2D eigenvalue weighted by Gasteiger charge is -2.09. The highest BCUT2D eigenvalue weighted by Crippen LogP contribution is 2.33. The van der Waals surface area contributed by atoms with Gasteiger partial charge in [-0.1, -0.05) is 13.8 Å². The first-order chi connectivity index (χ1) is 11.5. The summed E-state index contributed by atoms with van der Waals surface area (Å²) in [6.45, 7) is 4.65. The van der Waals surface area contributed by atoms with Gasteiger partial charge in [0.15, 0.2) is 0 Å². The lowest BCUT2D eigenvalue weighted by molar-refractivity contribution is -0.143. The zero-order chi connectivity index (χ0) is 17.1. The molecule has 5 nitrogen and oxygen atoms in total. The first-order valence-corrected chi connectivity index (χ1v) is 9.55. The van der Waals surface area contributed by atoms with Crippen LogP contribution in [0.2, 0.25) is 0 Å². The van der Waals surface area contributed by atoms with E-state index < -0.39 is 0 Å². The van der Waals surface area contributed by atoms with Crippen molar-refractivity contribution in [2.45, 2.75) is 58.8 Å². The van der Waals surface area contributed by atoms with Gasteiger partial charge in [0.05, 0.1) is 18.4 Å². The van der Waals surface area contributed by atoms with Crippen LogP contribution in [-0.4, -0.2) is 22.5 Å². The van der Waals surface area contributed by atoms with E-state index in [0.717, 1.165) is 35.9 Å². The van der Waals surface area contributed by atoms with Crippen LogP contribution in [0, 0.1) is 5.92 Å². The van der Waals surface area contributed by atoms with Crippen LogP contribution in [0.15, 0.2) is 4.79 Å². The summed E-state index contributed by atoms with van der Waals surface area (Å²) in [5.41, 5.74) is 1.12. The van der Waals surface area contributed by atoms with Crippen molar-refractivity contribution in [2.75, 3.05) is 6.61 Å². The van der Waals surface area contributed by atoms with Crippen LogP contribution >= 0.6 is 11.3 Å². The van der Waals surface area contributed by atoms with E-state index in [2.05, 4.69) is 23.8 Å². The fraction of sp³-hybridized carbons (Fsp3) is 0.611. The molecule has 0 saturated carbocycles. The molecule has 3 rings (SSSR count). The molecule has 1 aliphatic rings. The Morgan fingerprint density at radius 3 is 2.92 bits per heavy atom. The summed E-state index contributed by atoms with van der Waals surface area (Å²) < 4.78 is 5.20. The molecule has 0 atom stereocenters. The standard InChI is InChI=1S/C18H24N2O3S/c1-11(2)9-10-23-15(21)8-7-14-19-17(22)16-12-5-3-4-6-13(12)24-18(16)20-14/h11H,3-10H2,1-2H3,(H,19,20,22). The monoisotopic (exact) mass is 348 g/mol. The van der Waals surface area contributed by atoms with E-state index >= 15 is 0 Å². The molecule has 0 aromatic carbocycles. The Hall–Kier alpha value is -1.69. The topological polar surface area (TPSA) is 72.0 Å². The second kappa shape index (κ2) is 7.47. The molecular formula is C18H24N2O3S. The highest BCUT2D eigenvalue weighted by atomic mass is 32.1. The molecule has 0 radical (unpaired) electrons. The molecular weight excluding hydrogens is 324 g/mol. The third-order valence-electron chi connectivity index (χ3n) is 4.40. The largest absolute Gasteiger partial charge is 0.466 e. The van der Waals surface area contributed by atoms with Gasteiger partial charge in [0.25, 0.3) is 5.56 Å². The van der Waals surface area contributed by atoms with Crippen molar-refractivity contribution in [2.24, 2.45) is 5.92 Å². The van der Waals surface area contributed by atoms with Gasteiger partial charge in [-0.3, -0.25) is 9.59 Å². The normalized spacial score (nSPS) is 14.1. The Bertz CT molecular complexity index is 791. The smallest absolute Gasteiger partial charge is 0.306 e. The number of nitrogens with one attached hydrogen (secondary N) is 1. The van der Waals surface area contributed by atoms with Gasteiger partial charge in [-0.25, -0.2) is 4.98 Å². The third-order valence-corrected chi connectivity index (χ3v) is 5.58. The number of carbonyl (C=O) groups is 1. The number of aryl methyl sites for hydroxylation is 3. The molecule has 2 aromatic rings. The number of aromatic amines is 1. The van der Waals surface area contributed by atoms with Gasteiger partial charge in [-0.15, -0.1) is 11.3 Å². The third kappa shape index (κ3) is 3.86. The Morgan fingerprint density at radius 2 is 2.12 bits per heavy atom. The lowest BCUT2D eigenvalue weighted by atomic mass is 9.97. The van der Waals surface area contributed by atoms with E-state index in [-0.39, 0.29) is 17.9 Å². The number of esters is 1. The SMILES string of the molecule is CC(C)CCOC(=O)CCc1nc2sc3c(c2c(=O)[nH]1)CCCC3. The molecule has 6 heteroatoms. The number of hydrogen-bond donors (Lipinski definition) is 1. The molecule has 0 amide bonds. The summed E-state index contributed by atoms with van der Waals surface area (Å²) in [4.78, 5) is 33.7. The first-order valence-electron chi connectivity index (χ1n) is 8.73. The van der Waals surface area contributed by atoms with Gasteiger partial charge in [0.1, 0.15) is 10.7 Å². The van der Waals surface area contributed by atoms with Crippen molar-refractivity contribution >= 4 is 27.5 Å². The van der Waals surface area contributed by atoms with Crippen LogP contribution in [0.25, 0.3) is 10.2 Å². The van der Waals surface area contributed by atoms with Crippen LogP contribution in [0.4, 0.5) is 0 Å². The van der Waals surface area contributed by atoms with Crippen molar-refractivity contribution in [3.8, 4) is 0 Å². The molecule has 0 aliphatic heterocycles. The molecule has 2 aromatic heterocycles. The number of hydrogen-bond acceptors (Lipinski definition) is 5. The van der Waals surface area contributed by atoms with E-state index in [1.807, 2.05) is 0 Å². The van der Waals surface area contributed by atoms with E-state index in [4.69, 9.17) is 4.74 Å². The van der Waals surface area contributed by atoms with Gasteiger partial charge in [0, 0.05) is 11.3 Å². The molecule has 0 unspecified atom stereocenters. The number of rotatable bonds is 6. The summed E-state index contributed by atoms with van der Waals surface area (Å²) in [6.07, 6.45) is 5.88. The summed E-state index contributed by atoms with van der Waals surface area (Å²) in [5.74, 6) is 0.860. The van der Waals surface area contributed by atoms with Gasteiger partial charge in [0.2, 0.25) is 0 Å². The van der Waals surface area contributed by atoms with E-state index in [1.165, 1.54) is 16.9 Å². The second-order valence-corrected chi connectivity index (χ2v) is 7.89. The number of aromatic nitrogens is 2. The maximum absolute atomic E-state index is 12.4. The quantitative estimate of drug-likeness (QED) is 0.812. The average molecular weight is 348 g/mol. The first kappa shape index (κ1) is 17.1. The fourth-order valence-corrected chi connectivity index (χ4v) is 4.31. The lowest BCUT2D eigenvalue weighted by Crippen LogP contribution is -2.15. The van der Waals surface area contributed by atoms with Crippen molar-refractivity contribution < 1.29 is 9.53 Å². The molecule has 0 fully saturated rings. The average Bonchev–Trinajstić information content (AvgIpc) is 2.91. The van der Waals surface area contributed by atoms with Gasteiger partial charge in [-0.2, -0.15) is 0 Å². The summed E-state index contributed by atoms with van der Waals surface area (Å²) in [7, 11) is 0. The zero-order valence-electron chi connectivity index (χ0n) is 14.3. The highest BCUT2D eigenvalue weighted by molar-refractivity contribution is 7.18. The minimum atomic E-state index is -0.233. The van der Waals surface area contributed by atoms with Crippen LogP contribution in [0.1, 0.15) is 55.8 Å². The van der Waals surface area contributed by atoms with Crippen LogP contribution in [0.5, 0.6) is 0 Å². The van der Waals surface area contributed by atoms with Crippen molar-refractivity contribution in [1.82, 2.24) is 9.97 Å². The number of carbonyl (C=O) groups excluding carboxylic acids is 1. The van der Waals surface area contributed by atoms with Crippen LogP contribution in [0.3, 0.4) is 0 Å². The van der Waals surface area contributed by atoms with E-state index in [1.54, 1.807) is 11.3 Å². The molecule has 130 valence electrons. The van der Waals surface area contributed by atoms with Crippen molar-refractivity contribution in [3.05, 3.63) is 26.6 Å². The summed E-state index contributed by atoms with van der Waals surface area (Å²) in [5, 5.41) is 0.762. The molecule has 0 saturated heterocycles. The molecule has 0 spiro atoms. The Balaban J connectivity index is 1.68. The van der Waals surface area contributed by atoms with E-state index in [0.29, 0.717) is 24.8 Å². The number of nitrogens with zero attached hydrogens (tertiary/aromatic N) is 1.